The fourth-order valence-electron chi connectivity index (χ4n) is 2.03. The van der Waals surface area contributed by atoms with Crippen LogP contribution >= 0.6 is 0 Å². The summed E-state index contributed by atoms with van der Waals surface area (Å²) in [6, 6.07) is 15.0. The first-order valence-corrected chi connectivity index (χ1v) is 7.37. The Morgan fingerprint density at radius 3 is 2.55 bits per heavy atom. The molecule has 0 aliphatic carbocycles. The molecule has 0 aliphatic heterocycles. The maximum atomic E-state index is 11.9. The minimum Gasteiger partial charge on any atom is -0.497 e. The van der Waals surface area contributed by atoms with Gasteiger partial charge in [0.1, 0.15) is 18.1 Å². The van der Waals surface area contributed by atoms with Crippen LogP contribution in [0.2, 0.25) is 0 Å². The van der Waals surface area contributed by atoms with E-state index in [1.807, 2.05) is 18.2 Å². The molecule has 116 valence electrons. The van der Waals surface area contributed by atoms with Crippen LogP contribution in [0, 0.1) is 0 Å². The van der Waals surface area contributed by atoms with Crippen molar-refractivity contribution in [3.8, 4) is 11.5 Å². The van der Waals surface area contributed by atoms with Crippen LogP contribution in [0.1, 0.15) is 22.8 Å². The summed E-state index contributed by atoms with van der Waals surface area (Å²) in [5, 5.41) is 2.83. The molecule has 0 heterocycles. The SMILES string of the molecule is CCc1cccc(OCCNC(=O)c2ccc(OC)cc2)c1. The lowest BCUT2D eigenvalue weighted by Gasteiger charge is -2.09. The van der Waals surface area contributed by atoms with E-state index in [0.717, 1.165) is 17.9 Å². The molecule has 0 bridgehead atoms. The molecule has 2 aromatic carbocycles. The van der Waals surface area contributed by atoms with Crippen LogP contribution in [0.4, 0.5) is 0 Å². The number of nitrogens with one attached hydrogen (secondary N) is 1. The molecule has 0 spiro atoms. The predicted molar refractivity (Wildman–Crippen MR) is 86.6 cm³/mol. The van der Waals surface area contributed by atoms with Gasteiger partial charge in [-0.2, -0.15) is 0 Å². The number of hydrogen-bond acceptors (Lipinski definition) is 3. The quantitative estimate of drug-likeness (QED) is 0.799. The molecule has 0 saturated heterocycles. The molecule has 0 radical (unpaired) electrons. The summed E-state index contributed by atoms with van der Waals surface area (Å²) in [5.41, 5.74) is 1.84. The van der Waals surface area contributed by atoms with E-state index in [9.17, 15) is 4.79 Å². The fraction of sp³-hybridized carbons (Fsp3) is 0.278. The third-order valence-corrected chi connectivity index (χ3v) is 3.32. The minimum absolute atomic E-state index is 0.117. The van der Waals surface area contributed by atoms with Gasteiger partial charge in [0.15, 0.2) is 0 Å². The molecule has 0 atom stereocenters. The van der Waals surface area contributed by atoms with Gasteiger partial charge in [0, 0.05) is 5.56 Å². The highest BCUT2D eigenvalue weighted by molar-refractivity contribution is 5.94. The van der Waals surface area contributed by atoms with Crippen molar-refractivity contribution in [2.75, 3.05) is 20.3 Å². The van der Waals surface area contributed by atoms with Crippen molar-refractivity contribution in [2.45, 2.75) is 13.3 Å². The molecule has 0 aliphatic rings. The first-order chi connectivity index (χ1) is 10.7. The number of aryl methyl sites for hydroxylation is 1. The summed E-state index contributed by atoms with van der Waals surface area (Å²) in [6.07, 6.45) is 0.978. The summed E-state index contributed by atoms with van der Waals surface area (Å²) in [4.78, 5) is 11.9. The van der Waals surface area contributed by atoms with Gasteiger partial charge in [-0.25, -0.2) is 0 Å². The van der Waals surface area contributed by atoms with Crippen molar-refractivity contribution in [2.24, 2.45) is 0 Å². The zero-order valence-corrected chi connectivity index (χ0v) is 13.0. The second-order valence-corrected chi connectivity index (χ2v) is 4.83. The molecule has 4 nitrogen and oxygen atoms in total. The van der Waals surface area contributed by atoms with E-state index >= 15 is 0 Å². The number of methoxy groups -OCH3 is 1. The maximum absolute atomic E-state index is 11.9. The smallest absolute Gasteiger partial charge is 0.251 e. The van der Waals surface area contributed by atoms with E-state index in [0.29, 0.717) is 18.7 Å². The number of carbonyl (C=O) groups is 1. The largest absolute Gasteiger partial charge is 0.497 e. The van der Waals surface area contributed by atoms with Gasteiger partial charge >= 0.3 is 0 Å². The van der Waals surface area contributed by atoms with Gasteiger partial charge in [-0.15, -0.1) is 0 Å². The summed E-state index contributed by atoms with van der Waals surface area (Å²) in [5.74, 6) is 1.45. The molecule has 2 aromatic rings. The first-order valence-electron chi connectivity index (χ1n) is 7.37. The second kappa shape index (κ2) is 8.08. The van der Waals surface area contributed by atoms with E-state index in [2.05, 4.69) is 18.3 Å². The molecule has 22 heavy (non-hydrogen) atoms. The highest BCUT2D eigenvalue weighted by atomic mass is 16.5. The number of ether oxygens (including phenoxy) is 2. The third kappa shape index (κ3) is 4.52. The van der Waals surface area contributed by atoms with E-state index in [4.69, 9.17) is 9.47 Å². The van der Waals surface area contributed by atoms with Crippen molar-refractivity contribution >= 4 is 5.91 Å². The van der Waals surface area contributed by atoms with Crippen molar-refractivity contribution in [3.05, 3.63) is 59.7 Å². The highest BCUT2D eigenvalue weighted by Crippen LogP contribution is 2.13. The topological polar surface area (TPSA) is 47.6 Å². The van der Waals surface area contributed by atoms with Crippen LogP contribution < -0.4 is 14.8 Å². The number of carbonyl (C=O) groups excluding carboxylic acids is 1. The molecular weight excluding hydrogens is 278 g/mol. The zero-order valence-electron chi connectivity index (χ0n) is 13.0. The van der Waals surface area contributed by atoms with Gasteiger partial charge in [-0.3, -0.25) is 4.79 Å². The van der Waals surface area contributed by atoms with Crippen LogP contribution in [-0.4, -0.2) is 26.2 Å². The Hall–Kier alpha value is -2.49. The lowest BCUT2D eigenvalue weighted by Crippen LogP contribution is -2.28. The van der Waals surface area contributed by atoms with E-state index in [1.54, 1.807) is 31.4 Å². The molecule has 1 N–H and O–H groups in total. The molecule has 4 heteroatoms. The summed E-state index contributed by atoms with van der Waals surface area (Å²) in [7, 11) is 1.60. The predicted octanol–water partition coefficient (Wildman–Crippen LogP) is 3.07. The molecule has 2 rings (SSSR count). The molecule has 0 fully saturated rings. The Kier molecular flexibility index (Phi) is 5.83. The van der Waals surface area contributed by atoms with Crippen LogP contribution in [0.25, 0.3) is 0 Å². The highest BCUT2D eigenvalue weighted by Gasteiger charge is 2.04. The van der Waals surface area contributed by atoms with E-state index in [-0.39, 0.29) is 5.91 Å². The van der Waals surface area contributed by atoms with Gasteiger partial charge in [-0.1, -0.05) is 19.1 Å². The number of hydrogen-bond donors (Lipinski definition) is 1. The lowest BCUT2D eigenvalue weighted by molar-refractivity contribution is 0.0947. The standard InChI is InChI=1S/C18H21NO3/c1-3-14-5-4-6-17(13-14)22-12-11-19-18(20)15-7-9-16(21-2)10-8-15/h4-10,13H,3,11-12H2,1-2H3,(H,19,20). The molecular formula is C18H21NO3. The molecule has 0 unspecified atom stereocenters. The van der Waals surface area contributed by atoms with Crippen LogP contribution in [0.3, 0.4) is 0 Å². The Labute approximate surface area is 131 Å². The number of amides is 1. The van der Waals surface area contributed by atoms with Crippen molar-refractivity contribution in [3.63, 3.8) is 0 Å². The second-order valence-electron chi connectivity index (χ2n) is 4.83. The number of rotatable bonds is 7. The molecule has 0 aromatic heterocycles. The van der Waals surface area contributed by atoms with Gasteiger partial charge in [0.25, 0.3) is 5.91 Å². The third-order valence-electron chi connectivity index (χ3n) is 3.32. The van der Waals surface area contributed by atoms with Gasteiger partial charge in [0.05, 0.1) is 13.7 Å². The fourth-order valence-corrected chi connectivity index (χ4v) is 2.03. The Balaban J connectivity index is 1.76. The van der Waals surface area contributed by atoms with Crippen LogP contribution in [-0.2, 0) is 6.42 Å². The van der Waals surface area contributed by atoms with Crippen molar-refractivity contribution < 1.29 is 14.3 Å². The average molecular weight is 299 g/mol. The molecule has 1 amide bonds. The Bertz CT molecular complexity index is 608. The van der Waals surface area contributed by atoms with Gasteiger partial charge < -0.3 is 14.8 Å². The molecule has 0 saturated carbocycles. The normalized spacial score (nSPS) is 10.1. The summed E-state index contributed by atoms with van der Waals surface area (Å²) >= 11 is 0. The zero-order chi connectivity index (χ0) is 15.8. The van der Waals surface area contributed by atoms with E-state index < -0.39 is 0 Å². The van der Waals surface area contributed by atoms with E-state index in [1.165, 1.54) is 5.56 Å². The maximum Gasteiger partial charge on any atom is 0.251 e. The van der Waals surface area contributed by atoms with Gasteiger partial charge in [0.2, 0.25) is 0 Å². The summed E-state index contributed by atoms with van der Waals surface area (Å²) in [6.45, 7) is 3.00. The number of benzene rings is 2. The lowest BCUT2D eigenvalue weighted by atomic mass is 10.2. The monoisotopic (exact) mass is 299 g/mol. The Morgan fingerprint density at radius 2 is 1.86 bits per heavy atom. The Morgan fingerprint density at radius 1 is 1.09 bits per heavy atom. The first kappa shape index (κ1) is 15.9. The van der Waals surface area contributed by atoms with Crippen molar-refractivity contribution in [1.29, 1.82) is 0 Å². The van der Waals surface area contributed by atoms with Crippen LogP contribution in [0.15, 0.2) is 48.5 Å². The van der Waals surface area contributed by atoms with Crippen molar-refractivity contribution in [1.82, 2.24) is 5.32 Å². The minimum atomic E-state index is -0.117. The van der Waals surface area contributed by atoms with Gasteiger partial charge in [-0.05, 0) is 48.4 Å². The van der Waals surface area contributed by atoms with Crippen LogP contribution in [0.5, 0.6) is 11.5 Å². The average Bonchev–Trinajstić information content (AvgIpc) is 2.58. The summed E-state index contributed by atoms with van der Waals surface area (Å²) < 4.78 is 10.7.